The first-order valence-corrected chi connectivity index (χ1v) is 9.53. The number of rotatable bonds is 6. The van der Waals surface area contributed by atoms with E-state index in [1.807, 2.05) is 0 Å². The molecule has 0 saturated carbocycles. The molecule has 28 heavy (non-hydrogen) atoms. The topological polar surface area (TPSA) is 73.8 Å². The molecule has 8 heteroatoms. The van der Waals surface area contributed by atoms with E-state index in [0.717, 1.165) is 12.8 Å². The molecule has 7 nitrogen and oxygen atoms in total. The summed E-state index contributed by atoms with van der Waals surface area (Å²) < 4.78 is 16.9. The minimum atomic E-state index is -1.01. The number of likely N-dealkylation sites (tertiary alicyclic amines) is 1. The quantitative estimate of drug-likeness (QED) is 0.733. The summed E-state index contributed by atoms with van der Waals surface area (Å²) >= 11 is 5.91. The maximum atomic E-state index is 13.1. The highest BCUT2D eigenvalue weighted by Gasteiger charge is 2.37. The van der Waals surface area contributed by atoms with Crippen LogP contribution in [0, 0.1) is 0 Å². The van der Waals surface area contributed by atoms with Crippen molar-refractivity contribution in [2.24, 2.45) is 0 Å². The molecule has 3 rings (SSSR count). The van der Waals surface area contributed by atoms with Crippen molar-refractivity contribution in [3.8, 4) is 17.6 Å². The Morgan fingerprint density at radius 2 is 2.00 bits per heavy atom. The Labute approximate surface area is 169 Å². The van der Waals surface area contributed by atoms with Gasteiger partial charge in [-0.3, -0.25) is 4.79 Å². The van der Waals surface area contributed by atoms with Gasteiger partial charge in [0.1, 0.15) is 11.9 Å². The molecule has 0 spiro atoms. The van der Waals surface area contributed by atoms with E-state index in [1.54, 1.807) is 55.3 Å². The first-order chi connectivity index (χ1) is 13.4. The van der Waals surface area contributed by atoms with Gasteiger partial charge in [0.05, 0.1) is 13.7 Å². The number of hydrogen-bond donors (Lipinski definition) is 0. The lowest BCUT2D eigenvalue weighted by atomic mass is 10.0. The van der Waals surface area contributed by atoms with Crippen LogP contribution in [0.2, 0.25) is 5.02 Å². The van der Waals surface area contributed by atoms with Gasteiger partial charge in [-0.25, -0.2) is 4.98 Å². The number of ether oxygens (including phenoxy) is 3. The summed E-state index contributed by atoms with van der Waals surface area (Å²) in [7, 11) is 1.50. The van der Waals surface area contributed by atoms with Gasteiger partial charge < -0.3 is 19.1 Å². The summed E-state index contributed by atoms with van der Waals surface area (Å²) in [6.45, 7) is 4.67. The second kappa shape index (κ2) is 8.65. The number of benzene rings is 1. The van der Waals surface area contributed by atoms with Crippen LogP contribution in [-0.4, -0.2) is 52.7 Å². The number of methoxy groups -OCH3 is 1. The molecule has 1 aliphatic rings. The number of carbonyl (C=O) groups excluding carboxylic acids is 1. The van der Waals surface area contributed by atoms with Gasteiger partial charge in [0, 0.05) is 23.8 Å². The third kappa shape index (κ3) is 5.04. The van der Waals surface area contributed by atoms with E-state index < -0.39 is 5.60 Å². The molecular weight excluding hydrogens is 382 g/mol. The number of carbonyl (C=O) groups is 1. The smallest absolute Gasteiger partial charge is 0.319 e. The lowest BCUT2D eigenvalue weighted by molar-refractivity contribution is -0.148. The van der Waals surface area contributed by atoms with Crippen LogP contribution >= 0.6 is 11.6 Å². The summed E-state index contributed by atoms with van der Waals surface area (Å²) in [4.78, 5) is 23.0. The van der Waals surface area contributed by atoms with E-state index >= 15 is 0 Å². The van der Waals surface area contributed by atoms with Crippen molar-refractivity contribution < 1.29 is 19.0 Å². The molecule has 1 fully saturated rings. The highest BCUT2D eigenvalue weighted by molar-refractivity contribution is 6.30. The maximum absolute atomic E-state index is 13.1. The SMILES string of the molecule is COc1nccc(OC2CCCN(C(=O)C(C)(C)Oc3ccc(Cl)cc3)C2)n1. The van der Waals surface area contributed by atoms with Crippen LogP contribution < -0.4 is 14.2 Å². The predicted molar refractivity (Wildman–Crippen MR) is 105 cm³/mol. The fourth-order valence-corrected chi connectivity index (χ4v) is 3.23. The van der Waals surface area contributed by atoms with Crippen molar-refractivity contribution in [3.63, 3.8) is 0 Å². The molecule has 0 N–H and O–H groups in total. The largest absolute Gasteiger partial charge is 0.478 e. The third-order valence-corrected chi connectivity index (χ3v) is 4.70. The third-order valence-electron chi connectivity index (χ3n) is 4.44. The van der Waals surface area contributed by atoms with E-state index in [2.05, 4.69) is 9.97 Å². The minimum Gasteiger partial charge on any atom is -0.478 e. The number of hydrogen-bond acceptors (Lipinski definition) is 6. The lowest BCUT2D eigenvalue weighted by Gasteiger charge is -2.37. The molecule has 0 bridgehead atoms. The summed E-state index contributed by atoms with van der Waals surface area (Å²) in [5.41, 5.74) is -1.01. The molecule has 0 radical (unpaired) electrons. The molecule has 1 amide bonds. The Balaban J connectivity index is 1.63. The van der Waals surface area contributed by atoms with Crippen LogP contribution in [0.1, 0.15) is 26.7 Å². The zero-order valence-corrected chi connectivity index (χ0v) is 17.0. The molecule has 1 aromatic heterocycles. The lowest BCUT2D eigenvalue weighted by Crippen LogP contribution is -2.53. The first-order valence-electron chi connectivity index (χ1n) is 9.15. The van der Waals surface area contributed by atoms with Crippen molar-refractivity contribution in [1.29, 1.82) is 0 Å². The number of aromatic nitrogens is 2. The van der Waals surface area contributed by atoms with Crippen LogP contribution in [0.15, 0.2) is 36.5 Å². The van der Waals surface area contributed by atoms with Crippen molar-refractivity contribution in [1.82, 2.24) is 14.9 Å². The standard InChI is InChI=1S/C20H24ClN3O4/c1-20(2,28-15-8-6-14(21)7-9-15)18(25)24-12-4-5-16(13-24)27-17-10-11-22-19(23-17)26-3/h6-11,16H,4-5,12-13H2,1-3H3. The molecule has 1 atom stereocenters. The molecule has 1 saturated heterocycles. The van der Waals surface area contributed by atoms with Crippen molar-refractivity contribution in [2.45, 2.75) is 38.4 Å². The average molecular weight is 406 g/mol. The van der Waals surface area contributed by atoms with E-state index in [4.69, 9.17) is 25.8 Å². The molecular formula is C20H24ClN3O4. The minimum absolute atomic E-state index is 0.0870. The fourth-order valence-electron chi connectivity index (χ4n) is 3.10. The Kier molecular flexibility index (Phi) is 6.24. The van der Waals surface area contributed by atoms with Crippen molar-refractivity contribution in [3.05, 3.63) is 41.6 Å². The molecule has 1 unspecified atom stereocenters. The number of piperidine rings is 1. The Morgan fingerprint density at radius 3 is 2.71 bits per heavy atom. The van der Waals surface area contributed by atoms with Gasteiger partial charge in [-0.1, -0.05) is 11.6 Å². The van der Waals surface area contributed by atoms with Gasteiger partial charge in [-0.15, -0.1) is 0 Å². The van der Waals surface area contributed by atoms with Crippen molar-refractivity contribution >= 4 is 17.5 Å². The second-order valence-corrected chi connectivity index (χ2v) is 7.52. The fraction of sp³-hybridized carbons (Fsp3) is 0.450. The Hall–Kier alpha value is -2.54. The highest BCUT2D eigenvalue weighted by atomic mass is 35.5. The molecule has 1 aromatic carbocycles. The summed E-state index contributed by atoms with van der Waals surface area (Å²) in [6.07, 6.45) is 3.11. The van der Waals surface area contributed by atoms with Gasteiger partial charge in [-0.2, -0.15) is 4.98 Å². The highest BCUT2D eigenvalue weighted by Crippen LogP contribution is 2.25. The zero-order valence-electron chi connectivity index (χ0n) is 16.2. The van der Waals surface area contributed by atoms with E-state index in [-0.39, 0.29) is 18.0 Å². The van der Waals surface area contributed by atoms with Gasteiger partial charge in [0.25, 0.3) is 5.91 Å². The number of halogens is 1. The van der Waals surface area contributed by atoms with Crippen LogP contribution in [0.5, 0.6) is 17.6 Å². The molecule has 150 valence electrons. The van der Waals surface area contributed by atoms with Gasteiger partial charge >= 0.3 is 6.01 Å². The summed E-state index contributed by atoms with van der Waals surface area (Å²) in [5, 5.41) is 0.619. The molecule has 2 heterocycles. The van der Waals surface area contributed by atoms with Gasteiger partial charge in [0.2, 0.25) is 5.88 Å². The summed E-state index contributed by atoms with van der Waals surface area (Å²) in [5.74, 6) is 0.944. The average Bonchev–Trinajstić information content (AvgIpc) is 2.69. The molecule has 0 aliphatic carbocycles. The number of nitrogens with zero attached hydrogens (tertiary/aromatic N) is 3. The monoisotopic (exact) mass is 405 g/mol. The zero-order chi connectivity index (χ0) is 20.1. The predicted octanol–water partition coefficient (Wildman–Crippen LogP) is 3.37. The van der Waals surface area contributed by atoms with Crippen molar-refractivity contribution in [2.75, 3.05) is 20.2 Å². The normalized spacial score (nSPS) is 17.1. The Bertz CT molecular complexity index is 813. The van der Waals surface area contributed by atoms with Gasteiger partial charge in [-0.05, 0) is 51.0 Å². The molecule has 2 aromatic rings. The van der Waals surface area contributed by atoms with E-state index in [9.17, 15) is 4.79 Å². The Morgan fingerprint density at radius 1 is 1.25 bits per heavy atom. The van der Waals surface area contributed by atoms with E-state index in [1.165, 1.54) is 7.11 Å². The van der Waals surface area contributed by atoms with Crippen LogP contribution in [0.3, 0.4) is 0 Å². The molecule has 1 aliphatic heterocycles. The summed E-state index contributed by atoms with van der Waals surface area (Å²) in [6, 6.07) is 8.90. The van der Waals surface area contributed by atoms with E-state index in [0.29, 0.717) is 29.7 Å². The van der Waals surface area contributed by atoms with Gasteiger partial charge in [0.15, 0.2) is 5.60 Å². The first kappa shape index (κ1) is 20.2. The maximum Gasteiger partial charge on any atom is 0.319 e. The van der Waals surface area contributed by atoms with Crippen LogP contribution in [-0.2, 0) is 4.79 Å². The second-order valence-electron chi connectivity index (χ2n) is 7.08. The van der Waals surface area contributed by atoms with Crippen LogP contribution in [0.25, 0.3) is 0 Å². The number of amides is 1. The van der Waals surface area contributed by atoms with Crippen LogP contribution in [0.4, 0.5) is 0 Å².